The first-order valence-electron chi connectivity index (χ1n) is 6.05. The molecule has 1 atom stereocenters. The SMILES string of the molecule is NC(=O)c1cc(Cl)ccc1NC(CC(=O)O)C1CC1. The van der Waals surface area contributed by atoms with E-state index in [2.05, 4.69) is 5.32 Å². The predicted octanol–water partition coefficient (Wildman–Crippen LogP) is 2.10. The summed E-state index contributed by atoms with van der Waals surface area (Å²) in [6.45, 7) is 0. The van der Waals surface area contributed by atoms with Gasteiger partial charge < -0.3 is 16.2 Å². The molecule has 1 aromatic carbocycles. The van der Waals surface area contributed by atoms with Gasteiger partial charge in [-0.2, -0.15) is 0 Å². The fourth-order valence-corrected chi connectivity index (χ4v) is 2.24. The lowest BCUT2D eigenvalue weighted by Gasteiger charge is -2.19. The van der Waals surface area contributed by atoms with Gasteiger partial charge in [0.15, 0.2) is 0 Å². The zero-order valence-corrected chi connectivity index (χ0v) is 11.0. The van der Waals surface area contributed by atoms with Crippen LogP contribution in [0, 0.1) is 5.92 Å². The zero-order chi connectivity index (χ0) is 14.0. The fourth-order valence-electron chi connectivity index (χ4n) is 2.07. The Morgan fingerprint density at radius 2 is 2.16 bits per heavy atom. The molecule has 1 aliphatic carbocycles. The van der Waals surface area contributed by atoms with Gasteiger partial charge in [0, 0.05) is 16.8 Å². The van der Waals surface area contributed by atoms with Crippen molar-refractivity contribution in [3.8, 4) is 0 Å². The molecule has 1 fully saturated rings. The van der Waals surface area contributed by atoms with Gasteiger partial charge in [-0.25, -0.2) is 0 Å². The van der Waals surface area contributed by atoms with Crippen molar-refractivity contribution in [1.29, 1.82) is 0 Å². The van der Waals surface area contributed by atoms with Gasteiger partial charge in [-0.3, -0.25) is 9.59 Å². The molecule has 0 radical (unpaired) electrons. The number of aliphatic carboxylic acids is 1. The number of rotatable bonds is 6. The fraction of sp³-hybridized carbons (Fsp3) is 0.385. The van der Waals surface area contributed by atoms with Crippen molar-refractivity contribution < 1.29 is 14.7 Å². The van der Waals surface area contributed by atoms with Crippen molar-refractivity contribution in [3.05, 3.63) is 28.8 Å². The summed E-state index contributed by atoms with van der Waals surface area (Å²) in [7, 11) is 0. The van der Waals surface area contributed by atoms with Crippen LogP contribution in [-0.2, 0) is 4.79 Å². The molecular weight excluding hydrogens is 268 g/mol. The van der Waals surface area contributed by atoms with E-state index in [0.717, 1.165) is 12.8 Å². The maximum absolute atomic E-state index is 11.4. The first-order valence-corrected chi connectivity index (χ1v) is 6.43. The van der Waals surface area contributed by atoms with E-state index in [1.165, 1.54) is 6.07 Å². The van der Waals surface area contributed by atoms with Crippen LogP contribution in [0.15, 0.2) is 18.2 Å². The Kier molecular flexibility index (Phi) is 3.95. The summed E-state index contributed by atoms with van der Waals surface area (Å²) >= 11 is 5.83. The lowest BCUT2D eigenvalue weighted by Crippen LogP contribution is -2.27. The topological polar surface area (TPSA) is 92.4 Å². The summed E-state index contributed by atoms with van der Waals surface area (Å²) in [6.07, 6.45) is 2.03. The summed E-state index contributed by atoms with van der Waals surface area (Å²) in [4.78, 5) is 22.2. The number of carboxylic acids is 1. The van der Waals surface area contributed by atoms with Gasteiger partial charge in [0.25, 0.3) is 5.91 Å². The van der Waals surface area contributed by atoms with Crippen LogP contribution in [0.25, 0.3) is 0 Å². The second kappa shape index (κ2) is 5.48. The van der Waals surface area contributed by atoms with Gasteiger partial charge in [-0.1, -0.05) is 11.6 Å². The van der Waals surface area contributed by atoms with Crippen molar-refractivity contribution in [3.63, 3.8) is 0 Å². The van der Waals surface area contributed by atoms with E-state index in [1.54, 1.807) is 12.1 Å². The molecule has 19 heavy (non-hydrogen) atoms. The second-order valence-corrected chi connectivity index (χ2v) is 5.18. The molecule has 0 heterocycles. The number of carboxylic acid groups (broad SMARTS) is 1. The smallest absolute Gasteiger partial charge is 0.305 e. The Hall–Kier alpha value is -1.75. The molecule has 6 heteroatoms. The van der Waals surface area contributed by atoms with Crippen molar-refractivity contribution >= 4 is 29.2 Å². The Labute approximate surface area is 115 Å². The standard InChI is InChI=1S/C13H15ClN2O3/c14-8-3-4-10(9(5-8)13(15)19)16-11(6-12(17)18)7-1-2-7/h3-5,7,11,16H,1-2,6H2,(H2,15,19)(H,17,18). The van der Waals surface area contributed by atoms with Crippen molar-refractivity contribution in [1.82, 2.24) is 0 Å². The summed E-state index contributed by atoms with van der Waals surface area (Å²) < 4.78 is 0. The number of amides is 1. The van der Waals surface area contributed by atoms with Crippen LogP contribution < -0.4 is 11.1 Å². The highest BCUT2D eigenvalue weighted by atomic mass is 35.5. The lowest BCUT2D eigenvalue weighted by atomic mass is 10.1. The molecule has 4 N–H and O–H groups in total. The van der Waals surface area contributed by atoms with Crippen molar-refractivity contribution in [2.24, 2.45) is 11.7 Å². The minimum Gasteiger partial charge on any atom is -0.481 e. The third-order valence-electron chi connectivity index (χ3n) is 3.17. The van der Waals surface area contributed by atoms with E-state index in [0.29, 0.717) is 16.6 Å². The highest BCUT2D eigenvalue weighted by molar-refractivity contribution is 6.31. The largest absolute Gasteiger partial charge is 0.481 e. The van der Waals surface area contributed by atoms with Crippen LogP contribution in [-0.4, -0.2) is 23.0 Å². The van der Waals surface area contributed by atoms with Crippen molar-refractivity contribution in [2.45, 2.75) is 25.3 Å². The number of halogens is 1. The number of hydrogen-bond acceptors (Lipinski definition) is 3. The molecule has 1 amide bonds. The highest BCUT2D eigenvalue weighted by Crippen LogP contribution is 2.36. The molecule has 0 aliphatic heterocycles. The lowest BCUT2D eigenvalue weighted by molar-refractivity contribution is -0.137. The Balaban J connectivity index is 2.20. The average Bonchev–Trinajstić information content (AvgIpc) is 3.13. The molecule has 1 aliphatic rings. The minimum absolute atomic E-state index is 0.0193. The first-order chi connectivity index (χ1) is 8.97. The summed E-state index contributed by atoms with van der Waals surface area (Å²) in [5.41, 5.74) is 6.12. The molecule has 0 aromatic heterocycles. The number of benzene rings is 1. The number of anilines is 1. The van der Waals surface area contributed by atoms with E-state index < -0.39 is 11.9 Å². The van der Waals surface area contributed by atoms with E-state index in [1.807, 2.05) is 0 Å². The van der Waals surface area contributed by atoms with Gasteiger partial charge in [0.1, 0.15) is 0 Å². The number of carbonyl (C=O) groups is 2. The average molecular weight is 283 g/mol. The molecule has 5 nitrogen and oxygen atoms in total. The second-order valence-electron chi connectivity index (χ2n) is 4.74. The van der Waals surface area contributed by atoms with Crippen molar-refractivity contribution in [2.75, 3.05) is 5.32 Å². The molecule has 0 spiro atoms. The summed E-state index contributed by atoms with van der Waals surface area (Å²) in [5.74, 6) is -1.11. The summed E-state index contributed by atoms with van der Waals surface area (Å²) in [5, 5.41) is 12.4. The monoisotopic (exact) mass is 282 g/mol. The number of carbonyl (C=O) groups excluding carboxylic acids is 1. The molecule has 0 bridgehead atoms. The van der Waals surface area contributed by atoms with Crippen LogP contribution in [0.3, 0.4) is 0 Å². The molecule has 1 saturated carbocycles. The quantitative estimate of drug-likeness (QED) is 0.745. The Morgan fingerprint density at radius 1 is 1.47 bits per heavy atom. The normalized spacial score (nSPS) is 15.8. The molecule has 1 aromatic rings. The third kappa shape index (κ3) is 3.61. The summed E-state index contributed by atoms with van der Waals surface area (Å²) in [6, 6.07) is 4.59. The Morgan fingerprint density at radius 3 is 2.68 bits per heavy atom. The predicted molar refractivity (Wildman–Crippen MR) is 72.4 cm³/mol. The Bertz CT molecular complexity index is 515. The van der Waals surface area contributed by atoms with Gasteiger partial charge in [0.05, 0.1) is 12.0 Å². The van der Waals surface area contributed by atoms with Crippen LogP contribution in [0.4, 0.5) is 5.69 Å². The number of nitrogens with two attached hydrogens (primary N) is 1. The van der Waals surface area contributed by atoms with Gasteiger partial charge in [-0.15, -0.1) is 0 Å². The third-order valence-corrected chi connectivity index (χ3v) is 3.41. The molecule has 2 rings (SSSR count). The molecular formula is C13H15ClN2O3. The van der Waals surface area contributed by atoms with E-state index >= 15 is 0 Å². The van der Waals surface area contributed by atoms with Crippen LogP contribution >= 0.6 is 11.6 Å². The van der Waals surface area contributed by atoms with Gasteiger partial charge >= 0.3 is 5.97 Å². The number of hydrogen-bond donors (Lipinski definition) is 3. The van der Waals surface area contributed by atoms with Gasteiger partial charge in [0.2, 0.25) is 0 Å². The maximum atomic E-state index is 11.4. The molecule has 1 unspecified atom stereocenters. The first kappa shape index (κ1) is 13.7. The van der Waals surface area contributed by atoms with E-state index in [9.17, 15) is 9.59 Å². The van der Waals surface area contributed by atoms with E-state index in [4.69, 9.17) is 22.4 Å². The van der Waals surface area contributed by atoms with Gasteiger partial charge in [-0.05, 0) is 37.0 Å². The van der Waals surface area contributed by atoms with Crippen LogP contribution in [0.5, 0.6) is 0 Å². The molecule has 0 saturated heterocycles. The van der Waals surface area contributed by atoms with E-state index in [-0.39, 0.29) is 18.0 Å². The number of primary amides is 1. The minimum atomic E-state index is -0.862. The highest BCUT2D eigenvalue weighted by Gasteiger charge is 2.33. The maximum Gasteiger partial charge on any atom is 0.305 e. The zero-order valence-electron chi connectivity index (χ0n) is 10.2. The van der Waals surface area contributed by atoms with Crippen LogP contribution in [0.1, 0.15) is 29.6 Å². The number of nitrogens with one attached hydrogen (secondary N) is 1. The molecule has 102 valence electrons. The van der Waals surface area contributed by atoms with Crippen LogP contribution in [0.2, 0.25) is 5.02 Å².